The monoisotopic (exact) mass is 182 g/mol. The van der Waals surface area contributed by atoms with Crippen molar-refractivity contribution in [3.05, 3.63) is 0 Å². The number of carbonyl (C=O) groups is 1. The van der Waals surface area contributed by atoms with Crippen molar-refractivity contribution in [1.29, 1.82) is 0 Å². The second-order valence-corrected chi connectivity index (χ2v) is 4.19. The van der Waals surface area contributed by atoms with Crippen LogP contribution in [0.5, 0.6) is 0 Å². The molecule has 2 fully saturated rings. The minimum Gasteiger partial charge on any atom is -0.334 e. The lowest BCUT2D eigenvalue weighted by atomic mass is 10.1. The van der Waals surface area contributed by atoms with Crippen molar-refractivity contribution in [3.63, 3.8) is 0 Å². The maximum atomic E-state index is 11.5. The van der Waals surface area contributed by atoms with Crippen molar-refractivity contribution in [2.24, 2.45) is 0 Å². The summed E-state index contributed by atoms with van der Waals surface area (Å²) >= 11 is 0. The molecule has 0 saturated carbocycles. The number of piperazine rings is 1. The average Bonchev–Trinajstić information content (AvgIpc) is 2.46. The minimum absolute atomic E-state index is 0.262. The van der Waals surface area contributed by atoms with Crippen LogP contribution in [0.3, 0.4) is 0 Å². The molecular weight excluding hydrogens is 164 g/mol. The van der Waals surface area contributed by atoms with Crippen LogP contribution in [0.2, 0.25) is 0 Å². The molecule has 3 atom stereocenters. The van der Waals surface area contributed by atoms with Gasteiger partial charge >= 0.3 is 0 Å². The van der Waals surface area contributed by atoms with E-state index in [2.05, 4.69) is 16.7 Å². The summed E-state index contributed by atoms with van der Waals surface area (Å²) in [6.07, 6.45) is 2.27. The van der Waals surface area contributed by atoms with Gasteiger partial charge in [-0.2, -0.15) is 0 Å². The number of rotatable bonds is 1. The Labute approximate surface area is 79.7 Å². The van der Waals surface area contributed by atoms with Crippen LogP contribution < -0.4 is 0 Å². The number of hydrogen-bond donors (Lipinski definition) is 0. The zero-order valence-electron chi connectivity index (χ0n) is 8.49. The molecule has 3 unspecified atom stereocenters. The van der Waals surface area contributed by atoms with Crippen LogP contribution in [0, 0.1) is 0 Å². The lowest BCUT2D eigenvalue weighted by molar-refractivity contribution is -0.135. The Balaban J connectivity index is 2.15. The highest BCUT2D eigenvalue weighted by atomic mass is 16.2. The predicted octanol–water partition coefficient (Wildman–Crippen LogP) is 0.701. The van der Waals surface area contributed by atoms with Crippen LogP contribution in [0.25, 0.3) is 0 Å². The lowest BCUT2D eigenvalue weighted by Gasteiger charge is -2.40. The average molecular weight is 182 g/mol. The fourth-order valence-electron chi connectivity index (χ4n) is 2.73. The van der Waals surface area contributed by atoms with Crippen molar-refractivity contribution in [1.82, 2.24) is 9.80 Å². The third-order valence-electron chi connectivity index (χ3n) is 3.34. The third-order valence-corrected chi connectivity index (χ3v) is 3.34. The number of hydrogen-bond acceptors (Lipinski definition) is 2. The van der Waals surface area contributed by atoms with Crippen molar-refractivity contribution < 1.29 is 4.79 Å². The maximum Gasteiger partial charge on any atom is 0.220 e. The van der Waals surface area contributed by atoms with Crippen LogP contribution >= 0.6 is 0 Å². The zero-order valence-corrected chi connectivity index (χ0v) is 8.49. The van der Waals surface area contributed by atoms with E-state index in [9.17, 15) is 4.79 Å². The van der Waals surface area contributed by atoms with Crippen molar-refractivity contribution in [2.45, 2.75) is 38.8 Å². The summed E-state index contributed by atoms with van der Waals surface area (Å²) in [5.74, 6) is 0.262. The lowest BCUT2D eigenvalue weighted by Crippen LogP contribution is -2.55. The van der Waals surface area contributed by atoms with Gasteiger partial charge in [-0.1, -0.05) is 6.92 Å². The molecule has 2 aliphatic heterocycles. The molecule has 2 aliphatic rings. The number of amides is 1. The summed E-state index contributed by atoms with van der Waals surface area (Å²) in [6, 6.07) is 0.981. The summed E-state index contributed by atoms with van der Waals surface area (Å²) in [4.78, 5) is 16.1. The molecule has 0 aromatic carbocycles. The molecular formula is C10H18N2O. The van der Waals surface area contributed by atoms with Crippen molar-refractivity contribution in [2.75, 3.05) is 19.6 Å². The highest BCUT2D eigenvalue weighted by molar-refractivity contribution is 5.74. The Kier molecular flexibility index (Phi) is 2.28. The zero-order chi connectivity index (χ0) is 9.42. The molecule has 2 rings (SSSR count). The van der Waals surface area contributed by atoms with E-state index in [1.165, 1.54) is 13.0 Å². The Morgan fingerprint density at radius 2 is 2.23 bits per heavy atom. The van der Waals surface area contributed by atoms with Gasteiger partial charge in [0.1, 0.15) is 0 Å². The van der Waals surface area contributed by atoms with Gasteiger partial charge in [-0.25, -0.2) is 0 Å². The van der Waals surface area contributed by atoms with Crippen LogP contribution in [0.4, 0.5) is 0 Å². The third kappa shape index (κ3) is 1.46. The Morgan fingerprint density at radius 1 is 1.46 bits per heavy atom. The molecule has 74 valence electrons. The minimum atomic E-state index is 0.262. The number of fused-ring (bicyclic) bond motifs is 2. The summed E-state index contributed by atoms with van der Waals surface area (Å²) < 4.78 is 0. The van der Waals surface area contributed by atoms with Gasteiger partial charge in [0.2, 0.25) is 5.91 Å². The van der Waals surface area contributed by atoms with E-state index < -0.39 is 0 Å². The molecule has 2 heterocycles. The maximum absolute atomic E-state index is 11.5. The van der Waals surface area contributed by atoms with Crippen LogP contribution in [0.15, 0.2) is 0 Å². The summed E-state index contributed by atoms with van der Waals surface area (Å²) in [7, 11) is 0. The van der Waals surface area contributed by atoms with E-state index in [1.54, 1.807) is 6.92 Å². The van der Waals surface area contributed by atoms with Gasteiger partial charge in [0.05, 0.1) is 0 Å². The molecule has 3 heteroatoms. The van der Waals surface area contributed by atoms with E-state index in [0.29, 0.717) is 12.1 Å². The molecule has 2 bridgehead atoms. The van der Waals surface area contributed by atoms with E-state index >= 15 is 0 Å². The SMILES string of the molecule is CCC1CN2CCC(C2)N1C(C)=O. The van der Waals surface area contributed by atoms with Gasteiger partial charge in [0, 0.05) is 38.6 Å². The van der Waals surface area contributed by atoms with Gasteiger partial charge in [0.25, 0.3) is 0 Å². The molecule has 0 spiro atoms. The number of carbonyl (C=O) groups excluding carboxylic acids is 1. The Bertz CT molecular complexity index is 217. The topological polar surface area (TPSA) is 23.6 Å². The quantitative estimate of drug-likeness (QED) is 0.596. The predicted molar refractivity (Wildman–Crippen MR) is 51.4 cm³/mol. The number of nitrogens with zero attached hydrogens (tertiary/aromatic N) is 2. The van der Waals surface area contributed by atoms with E-state index in [-0.39, 0.29) is 5.91 Å². The fraction of sp³-hybridized carbons (Fsp3) is 0.900. The molecule has 0 N–H and O–H groups in total. The molecule has 1 amide bonds. The highest BCUT2D eigenvalue weighted by Crippen LogP contribution is 2.26. The van der Waals surface area contributed by atoms with Gasteiger partial charge in [-0.15, -0.1) is 0 Å². The Hall–Kier alpha value is -0.570. The van der Waals surface area contributed by atoms with Gasteiger partial charge in [-0.3, -0.25) is 9.69 Å². The second kappa shape index (κ2) is 3.29. The smallest absolute Gasteiger partial charge is 0.220 e. The van der Waals surface area contributed by atoms with Crippen molar-refractivity contribution in [3.8, 4) is 0 Å². The van der Waals surface area contributed by atoms with Crippen LogP contribution in [-0.4, -0.2) is 47.4 Å². The summed E-state index contributed by atoms with van der Waals surface area (Å²) in [5, 5.41) is 0. The van der Waals surface area contributed by atoms with E-state index in [0.717, 1.165) is 19.5 Å². The van der Waals surface area contributed by atoms with Gasteiger partial charge in [0.15, 0.2) is 0 Å². The first-order valence-electron chi connectivity index (χ1n) is 5.23. The normalized spacial score (nSPS) is 38.0. The standard InChI is InChI=1S/C10H18N2O/c1-3-9-6-11-5-4-10(7-11)12(9)8(2)13/h9-10H,3-7H2,1-2H3. The largest absolute Gasteiger partial charge is 0.334 e. The second-order valence-electron chi connectivity index (χ2n) is 4.19. The fourth-order valence-corrected chi connectivity index (χ4v) is 2.73. The molecule has 3 nitrogen and oxygen atoms in total. The first kappa shape index (κ1) is 9.00. The molecule has 0 aliphatic carbocycles. The van der Waals surface area contributed by atoms with Crippen LogP contribution in [0.1, 0.15) is 26.7 Å². The summed E-state index contributed by atoms with van der Waals surface area (Å²) in [5.41, 5.74) is 0. The first-order chi connectivity index (χ1) is 6.22. The first-order valence-corrected chi connectivity index (χ1v) is 5.23. The van der Waals surface area contributed by atoms with Gasteiger partial charge in [-0.05, 0) is 12.8 Å². The molecule has 2 saturated heterocycles. The molecule has 13 heavy (non-hydrogen) atoms. The van der Waals surface area contributed by atoms with Crippen molar-refractivity contribution >= 4 is 5.91 Å². The van der Waals surface area contributed by atoms with E-state index in [4.69, 9.17) is 0 Å². The molecule has 0 aromatic rings. The Morgan fingerprint density at radius 3 is 2.85 bits per heavy atom. The van der Waals surface area contributed by atoms with Gasteiger partial charge < -0.3 is 4.90 Å². The van der Waals surface area contributed by atoms with Crippen LogP contribution in [-0.2, 0) is 4.79 Å². The molecule has 0 radical (unpaired) electrons. The molecule has 0 aromatic heterocycles. The van der Waals surface area contributed by atoms with E-state index in [1.807, 2.05) is 0 Å². The summed E-state index contributed by atoms with van der Waals surface area (Å²) in [6.45, 7) is 7.26. The highest BCUT2D eigenvalue weighted by Gasteiger charge is 2.38.